The van der Waals surface area contributed by atoms with Crippen LogP contribution in [0, 0.1) is 5.92 Å². The molecule has 0 saturated carbocycles. The molecule has 0 fully saturated rings. The summed E-state index contributed by atoms with van der Waals surface area (Å²) >= 11 is 0. The normalized spacial score (nSPS) is 13.7. The molecule has 248 valence electrons. The number of nitrogens with zero attached hydrogens (tertiary/aromatic N) is 1. The fraction of sp³-hybridized carbons (Fsp3) is 0.378. The van der Waals surface area contributed by atoms with Gasteiger partial charge in [0.05, 0.1) is 44.3 Å². The number of amides is 2. The van der Waals surface area contributed by atoms with Crippen LogP contribution in [0.15, 0.2) is 59.5 Å². The molecule has 0 saturated heterocycles. The number of rotatable bonds is 12. The van der Waals surface area contributed by atoms with Gasteiger partial charge in [0.2, 0.25) is 23.0 Å². The second-order valence-electron chi connectivity index (χ2n) is 12.3. The molecule has 1 aliphatic rings. The van der Waals surface area contributed by atoms with Gasteiger partial charge in [-0.2, -0.15) is 0 Å². The van der Waals surface area contributed by atoms with E-state index < -0.39 is 0 Å². The van der Waals surface area contributed by atoms with E-state index in [0.29, 0.717) is 60.2 Å². The zero-order chi connectivity index (χ0) is 33.7. The number of carbonyl (C=O) groups is 2. The summed E-state index contributed by atoms with van der Waals surface area (Å²) in [5.74, 6) is 1.73. The number of benzene rings is 2. The smallest absolute Gasteiger partial charge is 0.224 e. The van der Waals surface area contributed by atoms with Crippen molar-refractivity contribution in [3.63, 3.8) is 0 Å². The monoisotopic (exact) mass is 640 g/mol. The Kier molecular flexibility index (Phi) is 10.4. The Bertz CT molecular complexity index is 1850. The van der Waals surface area contributed by atoms with Crippen LogP contribution in [0.25, 0.3) is 22.0 Å². The summed E-state index contributed by atoms with van der Waals surface area (Å²) < 4.78 is 19.3. The molecule has 4 aromatic rings. The van der Waals surface area contributed by atoms with Crippen molar-refractivity contribution in [1.29, 1.82) is 0 Å². The number of fused-ring (bicyclic) bond motifs is 4. The van der Waals surface area contributed by atoms with Crippen LogP contribution in [0.1, 0.15) is 57.2 Å². The van der Waals surface area contributed by atoms with Crippen LogP contribution in [0.5, 0.6) is 17.2 Å². The van der Waals surface area contributed by atoms with Gasteiger partial charge in [-0.1, -0.05) is 26.0 Å². The van der Waals surface area contributed by atoms with Crippen molar-refractivity contribution in [2.75, 3.05) is 38.5 Å². The molecule has 1 aliphatic carbocycles. The van der Waals surface area contributed by atoms with E-state index in [1.807, 2.05) is 30.3 Å². The average molecular weight is 641 g/mol. The zero-order valence-corrected chi connectivity index (χ0v) is 28.0. The number of anilines is 2. The first-order valence-electron chi connectivity index (χ1n) is 16.0. The largest absolute Gasteiger partial charge is 0.493 e. The van der Waals surface area contributed by atoms with Gasteiger partial charge in [-0.25, -0.2) is 0 Å². The molecule has 2 amide bonds. The minimum Gasteiger partial charge on any atom is -0.493 e. The lowest BCUT2D eigenvalue weighted by molar-refractivity contribution is -0.119. The third-order valence-corrected chi connectivity index (χ3v) is 8.46. The number of carbonyl (C=O) groups excluding carboxylic acids is 2. The highest BCUT2D eigenvalue weighted by molar-refractivity contribution is 6.01. The third kappa shape index (κ3) is 7.21. The average Bonchev–Trinajstić information content (AvgIpc) is 3.30. The summed E-state index contributed by atoms with van der Waals surface area (Å²) in [6, 6.07) is 14.7. The molecule has 0 aliphatic heterocycles. The van der Waals surface area contributed by atoms with Gasteiger partial charge < -0.3 is 34.7 Å². The standard InChI is InChI=1S/C37H44N4O6/c1-22(2)21-41-18-16-26-28(9-7-10-31(26)41)40-34(44)11-8-17-38-30-15-13-25-27(20-32(30)43)29(39-23(3)42)14-12-24-19-33(45-4)36(46-5)37(47-6)35(24)25/h7,9-10,13,15-16,18-20,22,29H,8,11-12,14,17,21H2,1-6H3,(H,38,43)(H,39,42)(H,40,44)/t29-/m0/s1. The molecule has 0 spiro atoms. The minimum atomic E-state index is -0.389. The Morgan fingerprint density at radius 1 is 0.979 bits per heavy atom. The van der Waals surface area contributed by atoms with Gasteiger partial charge >= 0.3 is 0 Å². The Morgan fingerprint density at radius 2 is 1.77 bits per heavy atom. The highest BCUT2D eigenvalue weighted by Crippen LogP contribution is 2.50. The first-order chi connectivity index (χ1) is 22.6. The van der Waals surface area contributed by atoms with Gasteiger partial charge in [-0.15, -0.1) is 0 Å². The number of nitrogens with one attached hydrogen (secondary N) is 3. The number of ether oxygens (including phenoxy) is 3. The van der Waals surface area contributed by atoms with Crippen LogP contribution in [-0.2, 0) is 22.6 Å². The van der Waals surface area contributed by atoms with E-state index in [4.69, 9.17) is 14.2 Å². The van der Waals surface area contributed by atoms with E-state index in [0.717, 1.165) is 39.8 Å². The van der Waals surface area contributed by atoms with E-state index in [-0.39, 0.29) is 29.7 Å². The highest BCUT2D eigenvalue weighted by atomic mass is 16.5. The van der Waals surface area contributed by atoms with Crippen molar-refractivity contribution in [3.05, 3.63) is 76.1 Å². The van der Waals surface area contributed by atoms with Crippen molar-refractivity contribution in [2.45, 2.75) is 59.0 Å². The van der Waals surface area contributed by atoms with Crippen LogP contribution < -0.4 is 35.6 Å². The van der Waals surface area contributed by atoms with Crippen LogP contribution in [0.3, 0.4) is 0 Å². The first-order valence-corrected chi connectivity index (χ1v) is 16.0. The summed E-state index contributed by atoms with van der Waals surface area (Å²) in [4.78, 5) is 38.7. The predicted molar refractivity (Wildman–Crippen MR) is 186 cm³/mol. The van der Waals surface area contributed by atoms with Gasteiger partial charge in [-0.05, 0) is 78.3 Å². The second-order valence-corrected chi connectivity index (χ2v) is 12.3. The third-order valence-electron chi connectivity index (χ3n) is 8.46. The summed E-state index contributed by atoms with van der Waals surface area (Å²) in [5.41, 5.74) is 5.27. The lowest BCUT2D eigenvalue weighted by Gasteiger charge is -2.19. The topological polar surface area (TPSA) is 120 Å². The van der Waals surface area contributed by atoms with Crippen molar-refractivity contribution in [2.24, 2.45) is 5.92 Å². The van der Waals surface area contributed by atoms with E-state index in [1.54, 1.807) is 33.5 Å². The quantitative estimate of drug-likeness (QED) is 0.155. The van der Waals surface area contributed by atoms with Gasteiger partial charge in [0.15, 0.2) is 11.5 Å². The molecule has 47 heavy (non-hydrogen) atoms. The molecule has 1 heterocycles. The summed E-state index contributed by atoms with van der Waals surface area (Å²) in [5, 5.41) is 10.3. The molecule has 5 rings (SSSR count). The predicted octanol–water partition coefficient (Wildman–Crippen LogP) is 6.30. The molecule has 3 aromatic carbocycles. The Morgan fingerprint density at radius 3 is 2.47 bits per heavy atom. The molecule has 1 atom stereocenters. The van der Waals surface area contributed by atoms with E-state index in [2.05, 4.69) is 46.6 Å². The Labute approximate surface area is 275 Å². The first kappa shape index (κ1) is 33.4. The Balaban J connectivity index is 1.36. The molecule has 10 heteroatoms. The number of hydrogen-bond acceptors (Lipinski definition) is 7. The van der Waals surface area contributed by atoms with Gasteiger partial charge in [-0.3, -0.25) is 14.4 Å². The van der Waals surface area contributed by atoms with Crippen LogP contribution in [0.2, 0.25) is 0 Å². The van der Waals surface area contributed by atoms with Crippen molar-refractivity contribution in [1.82, 2.24) is 9.88 Å². The molecule has 0 unspecified atom stereocenters. The van der Waals surface area contributed by atoms with Gasteiger partial charge in [0, 0.05) is 43.6 Å². The maximum Gasteiger partial charge on any atom is 0.224 e. The second kappa shape index (κ2) is 14.6. The van der Waals surface area contributed by atoms with Gasteiger partial charge in [0.25, 0.3) is 0 Å². The van der Waals surface area contributed by atoms with Crippen LogP contribution in [0.4, 0.5) is 11.4 Å². The zero-order valence-electron chi connectivity index (χ0n) is 28.0. The summed E-state index contributed by atoms with van der Waals surface area (Å²) in [6.45, 7) is 7.16. The van der Waals surface area contributed by atoms with Gasteiger partial charge in [0.1, 0.15) is 0 Å². The van der Waals surface area contributed by atoms with Crippen LogP contribution >= 0.6 is 0 Å². The van der Waals surface area contributed by atoms with Crippen molar-refractivity contribution in [3.8, 4) is 28.4 Å². The molecule has 10 nitrogen and oxygen atoms in total. The molecule has 0 radical (unpaired) electrons. The fourth-order valence-corrected chi connectivity index (χ4v) is 6.42. The van der Waals surface area contributed by atoms with Crippen molar-refractivity contribution >= 4 is 34.1 Å². The van der Waals surface area contributed by atoms with Crippen molar-refractivity contribution < 1.29 is 23.8 Å². The number of aromatic nitrogens is 1. The molecular weight excluding hydrogens is 596 g/mol. The summed E-state index contributed by atoms with van der Waals surface area (Å²) in [6.07, 6.45) is 4.07. The number of hydrogen-bond donors (Lipinski definition) is 3. The fourth-order valence-electron chi connectivity index (χ4n) is 6.42. The molecule has 1 aromatic heterocycles. The summed E-state index contributed by atoms with van der Waals surface area (Å²) in [7, 11) is 4.70. The molecule has 3 N–H and O–H groups in total. The van der Waals surface area contributed by atoms with E-state index in [9.17, 15) is 14.4 Å². The number of methoxy groups -OCH3 is 3. The SMILES string of the molecule is COc1cc2c(c(OC)c1OC)-c1ccc(NCCCC(=O)Nc3cccc4c3ccn4CC(C)C)c(=O)cc1[C@@H](NC(C)=O)CC2. The van der Waals surface area contributed by atoms with Crippen LogP contribution in [-0.4, -0.2) is 44.3 Å². The Hall–Kier alpha value is -4.99. The molecular formula is C37H44N4O6. The van der Waals surface area contributed by atoms with E-state index >= 15 is 0 Å². The maximum absolute atomic E-state index is 13.6. The lowest BCUT2D eigenvalue weighted by Crippen LogP contribution is -2.26. The maximum atomic E-state index is 13.6. The highest BCUT2D eigenvalue weighted by Gasteiger charge is 2.29. The minimum absolute atomic E-state index is 0.0881. The number of aryl methyl sites for hydroxylation is 1. The molecule has 0 bridgehead atoms. The van der Waals surface area contributed by atoms with E-state index in [1.165, 1.54) is 6.92 Å². The lowest BCUT2D eigenvalue weighted by atomic mass is 9.95.